The Kier molecular flexibility index (Phi) is 3.75. The number of carbonyl (C=O) groups is 2. The fourth-order valence-electron chi connectivity index (χ4n) is 1.76. The lowest BCUT2D eigenvalue weighted by Crippen LogP contribution is -2.07. The zero-order valence-corrected chi connectivity index (χ0v) is 10.4. The van der Waals surface area contributed by atoms with Gasteiger partial charge in [0.25, 0.3) is 5.69 Å². The number of hydrogen-bond donors (Lipinski definition) is 1. The van der Waals surface area contributed by atoms with Crippen LogP contribution in [-0.2, 0) is 0 Å². The monoisotopic (exact) mass is 289 g/mol. The van der Waals surface area contributed by atoms with Crippen LogP contribution in [0.1, 0.15) is 26.3 Å². The van der Waals surface area contributed by atoms with Crippen molar-refractivity contribution in [2.45, 2.75) is 0 Å². The minimum absolute atomic E-state index is 0.0718. The molecule has 0 aliphatic carbocycles. The average molecular weight is 289 g/mol. The van der Waals surface area contributed by atoms with Crippen LogP contribution >= 0.6 is 0 Å². The van der Waals surface area contributed by atoms with Crippen LogP contribution in [0.5, 0.6) is 0 Å². The maximum atomic E-state index is 12.8. The van der Waals surface area contributed by atoms with Crippen molar-refractivity contribution in [2.24, 2.45) is 0 Å². The number of nitro groups is 1. The summed E-state index contributed by atoms with van der Waals surface area (Å²) in [4.78, 5) is 33.2. The molecule has 0 heterocycles. The second kappa shape index (κ2) is 5.49. The molecule has 0 amide bonds. The highest BCUT2D eigenvalue weighted by Gasteiger charge is 2.23. The van der Waals surface area contributed by atoms with Crippen LogP contribution in [-0.4, -0.2) is 21.8 Å². The third-order valence-corrected chi connectivity index (χ3v) is 2.79. The number of carbonyl (C=O) groups excluding carboxylic acids is 1. The van der Waals surface area contributed by atoms with E-state index >= 15 is 0 Å². The molecule has 1 N–H and O–H groups in total. The van der Waals surface area contributed by atoms with E-state index in [0.29, 0.717) is 0 Å². The van der Waals surface area contributed by atoms with Crippen molar-refractivity contribution in [3.63, 3.8) is 0 Å². The van der Waals surface area contributed by atoms with Crippen molar-refractivity contribution in [2.75, 3.05) is 0 Å². The minimum Gasteiger partial charge on any atom is -0.478 e. The summed E-state index contributed by atoms with van der Waals surface area (Å²) >= 11 is 0. The highest BCUT2D eigenvalue weighted by molar-refractivity contribution is 6.12. The van der Waals surface area contributed by atoms with Gasteiger partial charge in [-0.3, -0.25) is 14.9 Å². The van der Waals surface area contributed by atoms with E-state index in [4.69, 9.17) is 5.11 Å². The summed E-state index contributed by atoms with van der Waals surface area (Å²) < 4.78 is 12.8. The number of nitro benzene ring substituents is 1. The van der Waals surface area contributed by atoms with E-state index in [2.05, 4.69) is 0 Å². The maximum Gasteiger partial charge on any atom is 0.335 e. The molecule has 6 nitrogen and oxygen atoms in total. The first-order valence-electron chi connectivity index (χ1n) is 5.72. The molecule has 0 fully saturated rings. The van der Waals surface area contributed by atoms with Gasteiger partial charge in [0.2, 0.25) is 0 Å². The number of rotatable bonds is 4. The Bertz CT molecular complexity index is 740. The zero-order chi connectivity index (χ0) is 15.6. The summed E-state index contributed by atoms with van der Waals surface area (Å²) in [5.74, 6) is -2.56. The zero-order valence-electron chi connectivity index (χ0n) is 10.4. The van der Waals surface area contributed by atoms with Gasteiger partial charge in [0.05, 0.1) is 10.5 Å². The van der Waals surface area contributed by atoms with Crippen molar-refractivity contribution >= 4 is 17.4 Å². The van der Waals surface area contributed by atoms with Crippen molar-refractivity contribution in [3.05, 3.63) is 75.1 Å². The summed E-state index contributed by atoms with van der Waals surface area (Å²) in [6, 6.07) is 7.52. The Labute approximate surface area is 117 Å². The van der Waals surface area contributed by atoms with Crippen LogP contribution in [0.3, 0.4) is 0 Å². The molecule has 2 rings (SSSR count). The van der Waals surface area contributed by atoms with E-state index in [0.717, 1.165) is 30.3 Å². The van der Waals surface area contributed by atoms with Gasteiger partial charge in [-0.15, -0.1) is 0 Å². The highest BCUT2D eigenvalue weighted by atomic mass is 19.1. The summed E-state index contributed by atoms with van der Waals surface area (Å²) in [5, 5.41) is 19.8. The van der Waals surface area contributed by atoms with Gasteiger partial charge in [0.1, 0.15) is 11.4 Å². The molecule has 0 unspecified atom stereocenters. The molecular formula is C14H8FNO5. The molecule has 0 aromatic heterocycles. The lowest BCUT2D eigenvalue weighted by molar-refractivity contribution is -0.385. The molecule has 0 saturated heterocycles. The number of hydrogen-bond acceptors (Lipinski definition) is 4. The van der Waals surface area contributed by atoms with Crippen molar-refractivity contribution in [1.82, 2.24) is 0 Å². The largest absolute Gasteiger partial charge is 0.478 e. The predicted molar refractivity (Wildman–Crippen MR) is 69.9 cm³/mol. The Morgan fingerprint density at radius 2 is 1.62 bits per heavy atom. The van der Waals surface area contributed by atoms with Crippen LogP contribution in [0.25, 0.3) is 0 Å². The Morgan fingerprint density at radius 1 is 1.05 bits per heavy atom. The van der Waals surface area contributed by atoms with Gasteiger partial charge in [0, 0.05) is 11.6 Å². The Morgan fingerprint density at radius 3 is 2.14 bits per heavy atom. The van der Waals surface area contributed by atoms with Gasteiger partial charge < -0.3 is 5.11 Å². The molecule has 0 bridgehead atoms. The Balaban J connectivity index is 2.52. The summed E-state index contributed by atoms with van der Waals surface area (Å²) in [7, 11) is 0. The molecule has 0 atom stereocenters. The van der Waals surface area contributed by atoms with E-state index in [9.17, 15) is 24.1 Å². The molecule has 0 aliphatic rings. The lowest BCUT2D eigenvalue weighted by atomic mass is 10.00. The van der Waals surface area contributed by atoms with Crippen LogP contribution < -0.4 is 0 Å². The molecular weight excluding hydrogens is 281 g/mol. The number of halogens is 1. The van der Waals surface area contributed by atoms with Gasteiger partial charge in [-0.2, -0.15) is 0 Å². The quantitative estimate of drug-likeness (QED) is 0.530. The van der Waals surface area contributed by atoms with Crippen LogP contribution in [0, 0.1) is 15.9 Å². The molecule has 0 aliphatic heterocycles. The first-order chi connectivity index (χ1) is 9.90. The highest BCUT2D eigenvalue weighted by Crippen LogP contribution is 2.23. The number of nitrogens with zero attached hydrogens (tertiary/aromatic N) is 1. The standard InChI is InChI=1S/C14H8FNO5/c15-10-4-1-8(2-5-10)13(17)11-6-3-9(14(18)19)7-12(11)16(20)21/h1-7H,(H,18,19). The van der Waals surface area contributed by atoms with E-state index < -0.39 is 28.2 Å². The number of benzene rings is 2. The van der Waals surface area contributed by atoms with Crippen LogP contribution in [0.2, 0.25) is 0 Å². The summed E-state index contributed by atoms with van der Waals surface area (Å²) in [5.41, 5.74) is -1.08. The number of ketones is 1. The van der Waals surface area contributed by atoms with Crippen LogP contribution in [0.15, 0.2) is 42.5 Å². The molecule has 0 spiro atoms. The molecule has 0 saturated carbocycles. The molecule has 106 valence electrons. The molecule has 21 heavy (non-hydrogen) atoms. The molecule has 2 aromatic rings. The topological polar surface area (TPSA) is 97.5 Å². The molecule has 7 heteroatoms. The minimum atomic E-state index is -1.33. The van der Waals surface area contributed by atoms with E-state index in [1.165, 1.54) is 12.1 Å². The van der Waals surface area contributed by atoms with Gasteiger partial charge in [-0.25, -0.2) is 9.18 Å². The first-order valence-corrected chi connectivity index (χ1v) is 5.72. The summed E-state index contributed by atoms with van der Waals surface area (Å²) in [6.45, 7) is 0. The van der Waals surface area contributed by atoms with E-state index in [1.54, 1.807) is 0 Å². The fourth-order valence-corrected chi connectivity index (χ4v) is 1.76. The lowest BCUT2D eigenvalue weighted by Gasteiger charge is -2.04. The third-order valence-electron chi connectivity index (χ3n) is 2.79. The number of carboxylic acids is 1. The number of aromatic carboxylic acids is 1. The molecule has 0 radical (unpaired) electrons. The first kappa shape index (κ1) is 14.3. The SMILES string of the molecule is O=C(O)c1ccc(C(=O)c2ccc(F)cc2)c([N+](=O)[O-])c1. The third kappa shape index (κ3) is 2.92. The van der Waals surface area contributed by atoms with E-state index in [-0.39, 0.29) is 16.7 Å². The number of carboxylic acid groups (broad SMARTS) is 1. The fraction of sp³-hybridized carbons (Fsp3) is 0. The average Bonchev–Trinajstić information content (AvgIpc) is 2.46. The van der Waals surface area contributed by atoms with E-state index in [1.807, 2.05) is 0 Å². The van der Waals surface area contributed by atoms with Crippen LogP contribution in [0.4, 0.5) is 10.1 Å². The summed E-state index contributed by atoms with van der Waals surface area (Å²) in [6.07, 6.45) is 0. The van der Waals surface area contributed by atoms with Gasteiger partial charge in [0.15, 0.2) is 5.78 Å². The normalized spacial score (nSPS) is 10.1. The molecule has 2 aromatic carbocycles. The predicted octanol–water partition coefficient (Wildman–Crippen LogP) is 2.66. The second-order valence-corrected chi connectivity index (χ2v) is 4.13. The van der Waals surface area contributed by atoms with Gasteiger partial charge in [-0.05, 0) is 36.4 Å². The second-order valence-electron chi connectivity index (χ2n) is 4.13. The van der Waals surface area contributed by atoms with Crippen molar-refractivity contribution < 1.29 is 24.0 Å². The van der Waals surface area contributed by atoms with Crippen molar-refractivity contribution in [3.8, 4) is 0 Å². The Hall–Kier alpha value is -3.09. The smallest absolute Gasteiger partial charge is 0.335 e. The van der Waals surface area contributed by atoms with Gasteiger partial charge >= 0.3 is 5.97 Å². The van der Waals surface area contributed by atoms with Crippen molar-refractivity contribution in [1.29, 1.82) is 0 Å². The van der Waals surface area contributed by atoms with Gasteiger partial charge in [-0.1, -0.05) is 0 Å². The maximum absolute atomic E-state index is 12.8.